The van der Waals surface area contributed by atoms with Gasteiger partial charge in [0.05, 0.1) is 39.1 Å². The number of nitrogens with zero attached hydrogens (tertiary/aromatic N) is 2. The molecular weight excluding hydrogens is 580 g/mol. The second-order valence-electron chi connectivity index (χ2n) is 9.71. The van der Waals surface area contributed by atoms with Crippen LogP contribution in [0.2, 0.25) is 5.02 Å². The van der Waals surface area contributed by atoms with Crippen molar-refractivity contribution in [2.75, 3.05) is 6.61 Å². The molecule has 0 saturated heterocycles. The summed E-state index contributed by atoms with van der Waals surface area (Å²) in [5, 5.41) is 9.52. The Labute approximate surface area is 249 Å². The highest BCUT2D eigenvalue weighted by Gasteiger charge is 2.35. The van der Waals surface area contributed by atoms with Crippen LogP contribution in [0.5, 0.6) is 5.75 Å². The molecule has 0 spiro atoms. The van der Waals surface area contributed by atoms with Crippen molar-refractivity contribution in [2.24, 2.45) is 4.99 Å². The summed E-state index contributed by atoms with van der Waals surface area (Å²) in [5.41, 5.74) is 1.45. The summed E-state index contributed by atoms with van der Waals surface area (Å²) in [6.45, 7) is 7.41. The Morgan fingerprint density at radius 3 is 2.67 bits per heavy atom. The maximum atomic E-state index is 13.9. The van der Waals surface area contributed by atoms with E-state index in [0.29, 0.717) is 43.4 Å². The predicted molar refractivity (Wildman–Crippen MR) is 159 cm³/mol. The van der Waals surface area contributed by atoms with Crippen LogP contribution in [0.1, 0.15) is 55.4 Å². The molecule has 0 aliphatic carbocycles. The van der Waals surface area contributed by atoms with Crippen LogP contribution in [0.4, 0.5) is 0 Å². The largest absolute Gasteiger partial charge is 0.491 e. The first-order chi connectivity index (χ1) is 20.1. The zero-order valence-electron chi connectivity index (χ0n) is 23.2. The molecule has 2 aromatic carbocycles. The van der Waals surface area contributed by atoms with Crippen LogP contribution < -0.4 is 19.6 Å². The van der Waals surface area contributed by atoms with Gasteiger partial charge in [-0.2, -0.15) is 0 Å². The Morgan fingerprint density at radius 1 is 1.19 bits per heavy atom. The average Bonchev–Trinajstić information content (AvgIpc) is 3.52. The van der Waals surface area contributed by atoms with E-state index in [1.165, 1.54) is 28.0 Å². The van der Waals surface area contributed by atoms with Crippen LogP contribution in [-0.4, -0.2) is 34.3 Å². The summed E-state index contributed by atoms with van der Waals surface area (Å²) in [7, 11) is 0. The van der Waals surface area contributed by atoms with Crippen LogP contribution in [0.25, 0.3) is 17.4 Å². The highest BCUT2D eigenvalue weighted by Crippen LogP contribution is 2.36. The van der Waals surface area contributed by atoms with E-state index in [1.807, 2.05) is 32.0 Å². The minimum absolute atomic E-state index is 0.0464. The van der Waals surface area contributed by atoms with Gasteiger partial charge in [0.2, 0.25) is 0 Å². The number of carbonyl (C=O) groups excluding carboxylic acids is 1. The van der Waals surface area contributed by atoms with Crippen molar-refractivity contribution in [2.45, 2.75) is 39.8 Å². The number of thiazole rings is 1. The molecule has 1 aliphatic heterocycles. The SMILES string of the molecule is CCOC(=O)C1=C(C)N=c2s/c(=C\c3ccc(-c4ccc(Cl)c(C(=O)O)c4)o3)c(=O)n2[C@@H]1c1ccccc1OC(C)C. The van der Waals surface area contributed by atoms with Crippen LogP contribution in [-0.2, 0) is 9.53 Å². The van der Waals surface area contributed by atoms with Crippen LogP contribution in [0.3, 0.4) is 0 Å². The third-order valence-electron chi connectivity index (χ3n) is 6.47. The number of rotatable bonds is 8. The Kier molecular flexibility index (Phi) is 8.20. The molecule has 216 valence electrons. The fourth-order valence-electron chi connectivity index (χ4n) is 4.71. The van der Waals surface area contributed by atoms with Gasteiger partial charge in [-0.15, -0.1) is 0 Å². The zero-order chi connectivity index (χ0) is 30.1. The summed E-state index contributed by atoms with van der Waals surface area (Å²) < 4.78 is 19.2. The van der Waals surface area contributed by atoms with Gasteiger partial charge in [0.15, 0.2) is 4.80 Å². The number of hydrogen-bond donors (Lipinski definition) is 1. The summed E-state index contributed by atoms with van der Waals surface area (Å²) in [6, 6.07) is 14.4. The fourth-order valence-corrected chi connectivity index (χ4v) is 5.94. The molecule has 11 heteroatoms. The Bertz CT molecular complexity index is 1920. The number of aromatic nitrogens is 1. The summed E-state index contributed by atoms with van der Waals surface area (Å²) in [6.07, 6.45) is 1.46. The zero-order valence-corrected chi connectivity index (χ0v) is 24.8. The number of para-hydroxylation sites is 1. The van der Waals surface area contributed by atoms with Crippen LogP contribution in [0, 0.1) is 0 Å². The summed E-state index contributed by atoms with van der Waals surface area (Å²) in [5.74, 6) is -0.378. The number of esters is 1. The first kappa shape index (κ1) is 29.1. The molecule has 0 amide bonds. The smallest absolute Gasteiger partial charge is 0.338 e. The molecule has 1 N–H and O–H groups in total. The van der Waals surface area contributed by atoms with E-state index in [2.05, 4.69) is 4.99 Å². The highest BCUT2D eigenvalue weighted by molar-refractivity contribution is 7.07. The van der Waals surface area contributed by atoms with E-state index in [4.69, 9.17) is 25.5 Å². The van der Waals surface area contributed by atoms with Gasteiger partial charge in [-0.3, -0.25) is 9.36 Å². The first-order valence-corrected chi connectivity index (χ1v) is 14.4. The van der Waals surface area contributed by atoms with Gasteiger partial charge in [-0.05, 0) is 64.1 Å². The third-order valence-corrected chi connectivity index (χ3v) is 7.79. The molecule has 42 heavy (non-hydrogen) atoms. The van der Waals surface area contributed by atoms with Gasteiger partial charge in [-0.1, -0.05) is 41.1 Å². The van der Waals surface area contributed by atoms with Crippen molar-refractivity contribution >= 4 is 41.0 Å². The van der Waals surface area contributed by atoms with Gasteiger partial charge in [0.1, 0.15) is 23.3 Å². The number of carboxylic acids is 1. The van der Waals surface area contributed by atoms with E-state index >= 15 is 0 Å². The second-order valence-corrected chi connectivity index (χ2v) is 11.1. The molecule has 5 rings (SSSR count). The molecule has 9 nitrogen and oxygen atoms in total. The van der Waals surface area contributed by atoms with E-state index in [0.717, 1.165) is 0 Å². The molecule has 3 heterocycles. The maximum Gasteiger partial charge on any atom is 0.338 e. The number of halogens is 1. The first-order valence-electron chi connectivity index (χ1n) is 13.2. The highest BCUT2D eigenvalue weighted by atomic mass is 35.5. The standard InChI is InChI=1S/C31H27ClN2O7S/c1-5-39-30(38)26-17(4)33-31-34(27(26)20-8-6-7-9-24(20)40-16(2)3)28(35)25(42-31)15-19-11-13-23(41-19)18-10-12-22(32)21(14-18)29(36)37/h6-16,27H,5H2,1-4H3,(H,36,37)/b25-15-/t27-/m1/s1. The number of aromatic carboxylic acids is 1. The number of carbonyl (C=O) groups is 2. The topological polar surface area (TPSA) is 120 Å². The molecule has 0 fully saturated rings. The number of ether oxygens (including phenoxy) is 2. The molecule has 1 atom stereocenters. The second kappa shape index (κ2) is 11.8. The van der Waals surface area contributed by atoms with Crippen molar-refractivity contribution in [1.29, 1.82) is 0 Å². The van der Waals surface area contributed by atoms with E-state index < -0.39 is 18.0 Å². The fraction of sp³-hybridized carbons (Fsp3) is 0.226. The number of carboxylic acid groups (broad SMARTS) is 1. The summed E-state index contributed by atoms with van der Waals surface area (Å²) in [4.78, 5) is 43.7. The lowest BCUT2D eigenvalue weighted by Crippen LogP contribution is -2.40. The molecule has 1 aliphatic rings. The monoisotopic (exact) mass is 606 g/mol. The molecular formula is C31H27ClN2O7S. The Hall–Kier alpha value is -4.41. The lowest BCUT2D eigenvalue weighted by atomic mass is 9.95. The van der Waals surface area contributed by atoms with Gasteiger partial charge < -0.3 is 19.0 Å². The number of fused-ring (bicyclic) bond motifs is 1. The van der Waals surface area contributed by atoms with Gasteiger partial charge >= 0.3 is 11.9 Å². The van der Waals surface area contributed by atoms with Crippen molar-refractivity contribution in [3.05, 3.63) is 107 Å². The van der Waals surface area contributed by atoms with Crippen molar-refractivity contribution < 1.29 is 28.6 Å². The Balaban J connectivity index is 1.64. The number of furan rings is 1. The average molecular weight is 607 g/mol. The summed E-state index contributed by atoms with van der Waals surface area (Å²) >= 11 is 7.17. The number of benzene rings is 2. The molecule has 2 aromatic heterocycles. The normalized spacial score (nSPS) is 15.0. The predicted octanol–water partition coefficient (Wildman–Crippen LogP) is 5.20. The number of hydrogen-bond acceptors (Lipinski definition) is 8. The van der Waals surface area contributed by atoms with E-state index in [-0.39, 0.29) is 34.4 Å². The lowest BCUT2D eigenvalue weighted by Gasteiger charge is -2.26. The van der Waals surface area contributed by atoms with Crippen LogP contribution in [0.15, 0.2) is 80.1 Å². The minimum Gasteiger partial charge on any atom is -0.491 e. The Morgan fingerprint density at radius 2 is 1.95 bits per heavy atom. The third kappa shape index (κ3) is 5.55. The molecule has 4 aromatic rings. The van der Waals surface area contributed by atoms with Gasteiger partial charge in [-0.25, -0.2) is 14.6 Å². The number of allylic oxidation sites excluding steroid dienone is 1. The molecule has 0 bridgehead atoms. The van der Waals surface area contributed by atoms with E-state index in [9.17, 15) is 19.5 Å². The van der Waals surface area contributed by atoms with Crippen molar-refractivity contribution in [1.82, 2.24) is 4.57 Å². The molecule has 0 unspecified atom stereocenters. The van der Waals surface area contributed by atoms with Crippen LogP contribution >= 0.6 is 22.9 Å². The lowest BCUT2D eigenvalue weighted by molar-refractivity contribution is -0.139. The van der Waals surface area contributed by atoms with Gasteiger partial charge in [0, 0.05) is 17.2 Å². The quantitative estimate of drug-likeness (QED) is 0.274. The van der Waals surface area contributed by atoms with Gasteiger partial charge in [0.25, 0.3) is 5.56 Å². The minimum atomic E-state index is -1.15. The molecule has 0 saturated carbocycles. The molecule has 0 radical (unpaired) electrons. The van der Waals surface area contributed by atoms with Crippen molar-refractivity contribution in [3.63, 3.8) is 0 Å². The maximum absolute atomic E-state index is 13.9. The van der Waals surface area contributed by atoms with Crippen molar-refractivity contribution in [3.8, 4) is 17.1 Å². The van der Waals surface area contributed by atoms with E-state index in [1.54, 1.807) is 44.2 Å².